The minimum absolute atomic E-state index is 0.0222. The van der Waals surface area contributed by atoms with Gasteiger partial charge >= 0.3 is 0 Å². The summed E-state index contributed by atoms with van der Waals surface area (Å²) in [6.45, 7) is 5.66. The van der Waals surface area contributed by atoms with Gasteiger partial charge in [-0.1, -0.05) is 56.3 Å². The predicted octanol–water partition coefficient (Wildman–Crippen LogP) is 5.19. The summed E-state index contributed by atoms with van der Waals surface area (Å²) < 4.78 is 0. The molecule has 0 unspecified atom stereocenters. The molecule has 2 aromatic carbocycles. The van der Waals surface area contributed by atoms with Gasteiger partial charge in [-0.2, -0.15) is 0 Å². The highest BCUT2D eigenvalue weighted by molar-refractivity contribution is 5.92. The average Bonchev–Trinajstić information content (AvgIpc) is 2.77. The maximum absolute atomic E-state index is 12.0. The van der Waals surface area contributed by atoms with Gasteiger partial charge in [-0.15, -0.1) is 0 Å². The summed E-state index contributed by atoms with van der Waals surface area (Å²) in [6, 6.07) is 18.8. The number of rotatable bonds is 9. The zero-order valence-electron chi connectivity index (χ0n) is 18.4. The van der Waals surface area contributed by atoms with Crippen LogP contribution in [0.3, 0.4) is 0 Å². The van der Waals surface area contributed by atoms with Crippen LogP contribution in [0.1, 0.15) is 63.0 Å². The van der Waals surface area contributed by atoms with Crippen LogP contribution in [0.4, 0.5) is 5.69 Å². The Morgan fingerprint density at radius 1 is 1.07 bits per heavy atom. The Hall–Kier alpha value is -2.17. The summed E-state index contributed by atoms with van der Waals surface area (Å²) in [5.74, 6) is 0.519. The van der Waals surface area contributed by atoms with E-state index in [-0.39, 0.29) is 18.1 Å². The van der Waals surface area contributed by atoms with Crippen molar-refractivity contribution >= 4 is 11.6 Å². The SMILES string of the molecule is CC(C)C(=O)Nc1cccc(C2CCN([C@@H](O)CCCCc3ccccc3)CC2)c1. The number of likely N-dealkylation sites (tertiary alicyclic amines) is 1. The van der Waals surface area contributed by atoms with Gasteiger partial charge in [0.05, 0.1) is 0 Å². The second kappa shape index (κ2) is 11.3. The van der Waals surface area contributed by atoms with Crippen LogP contribution >= 0.6 is 0 Å². The molecular weight excluding hydrogens is 372 g/mol. The molecule has 1 amide bonds. The minimum atomic E-state index is -0.335. The number of aliphatic hydroxyl groups is 1. The van der Waals surface area contributed by atoms with E-state index in [4.69, 9.17) is 0 Å². The molecule has 162 valence electrons. The van der Waals surface area contributed by atoms with E-state index >= 15 is 0 Å². The largest absolute Gasteiger partial charge is 0.378 e. The molecule has 1 saturated heterocycles. The second-order valence-electron chi connectivity index (χ2n) is 8.79. The fourth-order valence-electron chi connectivity index (χ4n) is 4.17. The lowest BCUT2D eigenvalue weighted by atomic mass is 9.89. The van der Waals surface area contributed by atoms with Gasteiger partial charge < -0.3 is 10.4 Å². The van der Waals surface area contributed by atoms with Crippen LogP contribution in [0.2, 0.25) is 0 Å². The molecule has 0 spiro atoms. The first kappa shape index (κ1) is 22.5. The van der Waals surface area contributed by atoms with Crippen molar-refractivity contribution < 1.29 is 9.90 Å². The van der Waals surface area contributed by atoms with Crippen molar-refractivity contribution in [2.75, 3.05) is 18.4 Å². The van der Waals surface area contributed by atoms with Crippen molar-refractivity contribution in [3.63, 3.8) is 0 Å². The number of benzene rings is 2. The van der Waals surface area contributed by atoms with Crippen molar-refractivity contribution in [2.45, 2.75) is 64.5 Å². The lowest BCUT2D eigenvalue weighted by molar-refractivity contribution is -0.118. The fraction of sp³-hybridized carbons (Fsp3) is 0.500. The molecular formula is C26H36N2O2. The van der Waals surface area contributed by atoms with Gasteiger partial charge in [0.1, 0.15) is 6.23 Å². The number of nitrogens with zero attached hydrogens (tertiary/aromatic N) is 1. The summed E-state index contributed by atoms with van der Waals surface area (Å²) in [5, 5.41) is 13.6. The first-order chi connectivity index (χ1) is 14.5. The highest BCUT2D eigenvalue weighted by Gasteiger charge is 2.24. The molecule has 0 aliphatic carbocycles. The third kappa shape index (κ3) is 6.68. The summed E-state index contributed by atoms with van der Waals surface area (Å²) in [7, 11) is 0. The smallest absolute Gasteiger partial charge is 0.226 e. The Labute approximate surface area is 181 Å². The number of aryl methyl sites for hydroxylation is 1. The quantitative estimate of drug-likeness (QED) is 0.561. The molecule has 2 aromatic rings. The van der Waals surface area contributed by atoms with Gasteiger partial charge in [0.25, 0.3) is 0 Å². The van der Waals surface area contributed by atoms with Crippen molar-refractivity contribution in [2.24, 2.45) is 5.92 Å². The Balaban J connectivity index is 1.41. The number of amides is 1. The van der Waals surface area contributed by atoms with Crippen molar-refractivity contribution in [3.05, 3.63) is 65.7 Å². The predicted molar refractivity (Wildman–Crippen MR) is 123 cm³/mol. The van der Waals surface area contributed by atoms with Crippen LogP contribution in [-0.4, -0.2) is 35.2 Å². The van der Waals surface area contributed by atoms with Gasteiger partial charge in [0.15, 0.2) is 0 Å². The highest BCUT2D eigenvalue weighted by atomic mass is 16.3. The number of carbonyl (C=O) groups is 1. The third-order valence-electron chi connectivity index (χ3n) is 6.12. The molecule has 0 radical (unpaired) electrons. The summed E-state index contributed by atoms with van der Waals surface area (Å²) in [6.07, 6.45) is 5.84. The van der Waals surface area contributed by atoms with Gasteiger partial charge in [-0.25, -0.2) is 0 Å². The molecule has 0 bridgehead atoms. The number of aliphatic hydroxyl groups excluding tert-OH is 1. The normalized spacial score (nSPS) is 16.5. The summed E-state index contributed by atoms with van der Waals surface area (Å²) in [5.41, 5.74) is 3.54. The molecule has 0 saturated carbocycles. The zero-order valence-corrected chi connectivity index (χ0v) is 18.4. The van der Waals surface area contributed by atoms with Crippen LogP contribution in [0.15, 0.2) is 54.6 Å². The Morgan fingerprint density at radius 3 is 2.50 bits per heavy atom. The van der Waals surface area contributed by atoms with E-state index in [9.17, 15) is 9.90 Å². The van der Waals surface area contributed by atoms with Crippen LogP contribution < -0.4 is 5.32 Å². The molecule has 1 aliphatic heterocycles. The molecule has 2 N–H and O–H groups in total. The number of hydrogen-bond donors (Lipinski definition) is 2. The lowest BCUT2D eigenvalue weighted by Gasteiger charge is -2.35. The fourth-order valence-corrected chi connectivity index (χ4v) is 4.17. The highest BCUT2D eigenvalue weighted by Crippen LogP contribution is 2.30. The Morgan fingerprint density at radius 2 is 1.80 bits per heavy atom. The van der Waals surface area contributed by atoms with Crippen LogP contribution in [-0.2, 0) is 11.2 Å². The molecule has 4 heteroatoms. The maximum Gasteiger partial charge on any atom is 0.226 e. The second-order valence-corrected chi connectivity index (χ2v) is 8.79. The molecule has 1 aliphatic rings. The zero-order chi connectivity index (χ0) is 21.3. The van der Waals surface area contributed by atoms with E-state index in [1.54, 1.807) is 0 Å². The number of hydrogen-bond acceptors (Lipinski definition) is 3. The number of anilines is 1. The lowest BCUT2D eigenvalue weighted by Crippen LogP contribution is -2.40. The van der Waals surface area contributed by atoms with Crippen molar-refractivity contribution in [3.8, 4) is 0 Å². The van der Waals surface area contributed by atoms with Gasteiger partial charge in [0.2, 0.25) is 5.91 Å². The van der Waals surface area contributed by atoms with Crippen molar-refractivity contribution in [1.29, 1.82) is 0 Å². The van der Waals surface area contributed by atoms with E-state index in [1.165, 1.54) is 11.1 Å². The maximum atomic E-state index is 12.0. The molecule has 3 rings (SSSR count). The first-order valence-electron chi connectivity index (χ1n) is 11.4. The summed E-state index contributed by atoms with van der Waals surface area (Å²) >= 11 is 0. The Bertz CT molecular complexity index is 783. The van der Waals surface area contributed by atoms with Gasteiger partial charge in [-0.05, 0) is 67.7 Å². The number of nitrogens with one attached hydrogen (secondary N) is 1. The number of carbonyl (C=O) groups excluding carboxylic acids is 1. The van der Waals surface area contributed by atoms with Gasteiger partial charge in [0, 0.05) is 24.7 Å². The topological polar surface area (TPSA) is 52.6 Å². The van der Waals surface area contributed by atoms with Crippen LogP contribution in [0.25, 0.3) is 0 Å². The standard InChI is InChI=1S/C26H36N2O2/c1-20(2)26(30)27-24-13-8-12-23(19-24)22-15-17-28(18-16-22)25(29)14-7-6-11-21-9-4-3-5-10-21/h3-5,8-10,12-13,19-20,22,25,29H,6-7,11,14-18H2,1-2H3,(H,27,30)/t25-/m0/s1. The van der Waals surface area contributed by atoms with Crippen LogP contribution in [0.5, 0.6) is 0 Å². The van der Waals surface area contributed by atoms with Gasteiger partial charge in [-0.3, -0.25) is 9.69 Å². The van der Waals surface area contributed by atoms with Crippen LogP contribution in [0, 0.1) is 5.92 Å². The van der Waals surface area contributed by atoms with E-state index in [2.05, 4.69) is 52.7 Å². The number of piperidine rings is 1. The molecule has 0 aromatic heterocycles. The average molecular weight is 409 g/mol. The first-order valence-corrected chi connectivity index (χ1v) is 11.4. The molecule has 1 atom stereocenters. The molecule has 1 heterocycles. The molecule has 30 heavy (non-hydrogen) atoms. The molecule has 4 nitrogen and oxygen atoms in total. The number of unbranched alkanes of at least 4 members (excludes halogenated alkanes) is 1. The monoisotopic (exact) mass is 408 g/mol. The molecule has 1 fully saturated rings. The summed E-state index contributed by atoms with van der Waals surface area (Å²) in [4.78, 5) is 14.2. The van der Waals surface area contributed by atoms with E-state index in [1.807, 2.05) is 26.0 Å². The van der Waals surface area contributed by atoms with E-state index in [0.717, 1.165) is 57.3 Å². The van der Waals surface area contributed by atoms with E-state index < -0.39 is 0 Å². The van der Waals surface area contributed by atoms with Crippen molar-refractivity contribution in [1.82, 2.24) is 4.90 Å². The van der Waals surface area contributed by atoms with E-state index in [0.29, 0.717) is 5.92 Å². The Kier molecular flexibility index (Phi) is 8.47. The third-order valence-corrected chi connectivity index (χ3v) is 6.12. The minimum Gasteiger partial charge on any atom is -0.378 e.